The van der Waals surface area contributed by atoms with Crippen LogP contribution in [0.5, 0.6) is 0 Å². The number of nitrogens with one attached hydrogen (secondary N) is 1. The lowest BCUT2D eigenvalue weighted by Crippen LogP contribution is -2.13. The zero-order chi connectivity index (χ0) is 84.5. The maximum atomic E-state index is 16.9. The molecule has 0 fully saturated rings. The van der Waals surface area contributed by atoms with Crippen molar-refractivity contribution in [2.75, 3.05) is 16.0 Å². The molecule has 5 nitrogen and oxygen atoms in total. The number of benzene rings is 19. The third kappa shape index (κ3) is 21.3. The highest BCUT2D eigenvalue weighted by Gasteiger charge is 2.25. The monoisotopic (exact) mass is 1800 g/mol. The minimum atomic E-state index is -0.384. The number of furan rings is 2. The molecule has 2 heterocycles. The Morgan fingerprint density at radius 1 is 0.242 bits per heavy atom. The molecule has 0 spiro atoms. The fraction of sp³-hybridized carbons (Fsp3) is 0.0256. The number of fused-ring (bicyclic) bond motifs is 6. The molecular formula is C117H94BBr2F3N3O2. The summed E-state index contributed by atoms with van der Waals surface area (Å²) in [6.45, 7) is 0. The van der Waals surface area contributed by atoms with Crippen molar-refractivity contribution in [1.82, 2.24) is 0 Å². The van der Waals surface area contributed by atoms with E-state index >= 15 is 8.78 Å². The molecule has 3 N–H and O–H groups in total. The Balaban J connectivity index is 0.000000156. The first-order valence-electron chi connectivity index (χ1n) is 40.7. The van der Waals surface area contributed by atoms with Crippen molar-refractivity contribution >= 4 is 118 Å². The number of rotatable bonds is 14. The van der Waals surface area contributed by atoms with Gasteiger partial charge >= 0.3 is 0 Å². The van der Waals surface area contributed by atoms with Gasteiger partial charge in [-0.25, -0.2) is 13.2 Å². The van der Waals surface area contributed by atoms with Gasteiger partial charge in [-0.3, -0.25) is 0 Å². The van der Waals surface area contributed by atoms with Crippen molar-refractivity contribution in [3.63, 3.8) is 0 Å². The van der Waals surface area contributed by atoms with Gasteiger partial charge < -0.3 is 24.8 Å². The van der Waals surface area contributed by atoms with Crippen LogP contribution in [0.2, 0.25) is 0 Å². The predicted octanol–water partition coefficient (Wildman–Crippen LogP) is 35.7. The SMILES string of the molecule is Brc1ccc(-c2ccccc2)cc1.Brc1ccc2c(c1)oc1ccccc12.C.C.C.Fc1cc(-c2ccccc2)cc(-c2ccccc2)c1N(c1ccc(-c2ccccc2)cc1)c1ccc2c(c1)oc1ccccc12.Fc1cc(-c2ccccc2)cc(-c2ccccc2)c1Nc1ccc(-c2ccccc2)cc1.Nc1c(F)cc(-c2ccccc2)cc1-c1ccccc1.[2HH].[B]. The molecule has 0 aliphatic rings. The normalized spacial score (nSPS) is 10.5. The van der Waals surface area contributed by atoms with E-state index in [1.54, 1.807) is 12.1 Å². The maximum Gasteiger partial charge on any atom is 0.148 e. The molecule has 0 aliphatic heterocycles. The Morgan fingerprint density at radius 2 is 0.531 bits per heavy atom. The van der Waals surface area contributed by atoms with Crippen LogP contribution in [0.25, 0.3) is 144 Å². The van der Waals surface area contributed by atoms with E-state index in [0.29, 0.717) is 11.4 Å². The first-order valence-corrected chi connectivity index (χ1v) is 42.3. The van der Waals surface area contributed by atoms with Crippen molar-refractivity contribution < 1.29 is 23.4 Å². The predicted molar refractivity (Wildman–Crippen MR) is 548 cm³/mol. The van der Waals surface area contributed by atoms with Gasteiger partial charge in [-0.05, 0) is 199 Å². The standard InChI is InChI=1S/C42H28FNO.C30H22FN.C18H14FN.C12H7BrO.C12H9Br.3CH4.B.H2/c43-39-27-33(30-14-6-2-7-15-30)26-38(32-16-8-3-9-17-32)42(39)44(34-22-20-31(21-23-34)29-12-4-1-5-13-29)35-24-25-37-36-18-10-11-19-40(36)45-41(37)28-35;31-29-21-26(23-12-6-2-7-13-23)20-28(25-14-8-3-9-15-25)30(29)32-27-18-16-24(17-19-27)22-10-4-1-5-11-22;19-17-12-15(13-7-3-1-4-8-13)11-16(18(17)20)14-9-5-2-6-10-14;13-8-5-6-10-9-3-1-2-4-11(9)14-12(10)7-8;13-12-8-6-11(7-9-12)10-4-2-1-3-5-10;;;;;/h1-28H;1-21,32H;1-12H,20H2;1-7H;1-9H;3*1H4;;1H/i;;;;;;;;;1+1. The molecule has 627 valence electrons. The number of hydrogen-bond donors (Lipinski definition) is 2. The molecule has 21 rings (SSSR count). The molecule has 0 amide bonds. The van der Waals surface area contributed by atoms with Gasteiger partial charge in [0.2, 0.25) is 0 Å². The quantitative estimate of drug-likeness (QED) is 0.0839. The van der Waals surface area contributed by atoms with Crippen LogP contribution in [-0.4, -0.2) is 8.41 Å². The highest BCUT2D eigenvalue weighted by Crippen LogP contribution is 2.47. The van der Waals surface area contributed by atoms with Gasteiger partial charge in [0, 0.05) is 74.5 Å². The van der Waals surface area contributed by atoms with Crippen LogP contribution in [-0.2, 0) is 0 Å². The van der Waals surface area contributed by atoms with E-state index in [9.17, 15) is 4.39 Å². The molecule has 0 saturated carbocycles. The third-order valence-corrected chi connectivity index (χ3v) is 22.5. The summed E-state index contributed by atoms with van der Waals surface area (Å²) < 4.78 is 60.6. The minimum Gasteiger partial charge on any atom is -0.456 e. The Morgan fingerprint density at radius 3 is 0.961 bits per heavy atom. The fourth-order valence-electron chi connectivity index (χ4n) is 15.3. The summed E-state index contributed by atoms with van der Waals surface area (Å²) in [5.74, 6) is -0.977. The summed E-state index contributed by atoms with van der Waals surface area (Å²) in [7, 11) is 0. The highest BCUT2D eigenvalue weighted by molar-refractivity contribution is 9.10. The van der Waals surface area contributed by atoms with E-state index in [4.69, 9.17) is 14.6 Å². The second kappa shape index (κ2) is 43.1. The van der Waals surface area contributed by atoms with Gasteiger partial charge in [-0.15, -0.1) is 0 Å². The van der Waals surface area contributed by atoms with E-state index in [-0.39, 0.29) is 55.3 Å². The molecule has 0 saturated heterocycles. The molecule has 3 radical (unpaired) electrons. The van der Waals surface area contributed by atoms with E-state index in [1.807, 2.05) is 302 Å². The van der Waals surface area contributed by atoms with Crippen LogP contribution in [0.1, 0.15) is 23.7 Å². The number of nitrogens with zero attached hydrogens (tertiary/aromatic N) is 1. The first-order chi connectivity index (χ1) is 61.0. The van der Waals surface area contributed by atoms with Gasteiger partial charge in [0.05, 0.1) is 22.7 Å². The summed E-state index contributed by atoms with van der Waals surface area (Å²) >= 11 is 6.85. The van der Waals surface area contributed by atoms with E-state index < -0.39 is 0 Å². The smallest absolute Gasteiger partial charge is 0.148 e. The third-order valence-electron chi connectivity index (χ3n) is 21.5. The van der Waals surface area contributed by atoms with Crippen molar-refractivity contribution in [2.24, 2.45) is 0 Å². The molecule has 0 aliphatic carbocycles. The van der Waals surface area contributed by atoms with Crippen molar-refractivity contribution in [3.05, 3.63) is 494 Å². The van der Waals surface area contributed by atoms with E-state index in [1.165, 1.54) is 28.0 Å². The number of nitrogens with two attached hydrogens (primary N) is 1. The molecule has 11 heteroatoms. The molecular weight excluding hydrogens is 1710 g/mol. The van der Waals surface area contributed by atoms with Crippen molar-refractivity contribution in [3.8, 4) is 100 Å². The summed E-state index contributed by atoms with van der Waals surface area (Å²) in [6, 6.07) is 154. The summed E-state index contributed by atoms with van der Waals surface area (Å²) in [6.07, 6.45) is 0. The number of nitrogen functional groups attached to an aromatic ring is 1. The number of anilines is 6. The van der Waals surface area contributed by atoms with Gasteiger partial charge in [0.25, 0.3) is 0 Å². The molecule has 2 aromatic heterocycles. The zero-order valence-electron chi connectivity index (χ0n) is 67.8. The van der Waals surface area contributed by atoms with Gasteiger partial charge in [-0.2, -0.15) is 0 Å². The Hall–Kier alpha value is -15.0. The average Bonchev–Trinajstić information content (AvgIpc) is 1.66. The van der Waals surface area contributed by atoms with Crippen LogP contribution in [0.15, 0.2) is 485 Å². The van der Waals surface area contributed by atoms with Crippen molar-refractivity contribution in [1.29, 1.82) is 0 Å². The second-order valence-corrected chi connectivity index (χ2v) is 31.4. The number of hydrogen-bond acceptors (Lipinski definition) is 5. The van der Waals surface area contributed by atoms with Gasteiger partial charge in [0.1, 0.15) is 39.8 Å². The van der Waals surface area contributed by atoms with Crippen LogP contribution >= 0.6 is 31.9 Å². The molecule has 0 atom stereocenters. The van der Waals surface area contributed by atoms with E-state index in [0.717, 1.165) is 148 Å². The number of halogens is 5. The summed E-state index contributed by atoms with van der Waals surface area (Å²) in [4.78, 5) is 2.01. The largest absolute Gasteiger partial charge is 0.456 e. The number of para-hydroxylation sites is 2. The molecule has 0 unspecified atom stereocenters. The van der Waals surface area contributed by atoms with Crippen molar-refractivity contribution in [2.45, 2.75) is 22.3 Å². The molecule has 21 aromatic rings. The average molecular weight is 1800 g/mol. The van der Waals surface area contributed by atoms with Crippen LogP contribution in [0, 0.1) is 17.5 Å². The lowest BCUT2D eigenvalue weighted by atomic mass is 9.95. The Kier molecular flexibility index (Phi) is 30.5. The van der Waals surface area contributed by atoms with Gasteiger partial charge in [0.15, 0.2) is 0 Å². The van der Waals surface area contributed by atoms with E-state index in [2.05, 4.69) is 189 Å². The lowest BCUT2D eigenvalue weighted by molar-refractivity contribution is 0.629. The highest BCUT2D eigenvalue weighted by atomic mass is 79.9. The minimum absolute atomic E-state index is 0. The zero-order valence-corrected chi connectivity index (χ0v) is 70.9. The van der Waals surface area contributed by atoms with Gasteiger partial charge in [-0.1, -0.05) is 400 Å². The summed E-state index contributed by atoms with van der Waals surface area (Å²) in [5, 5.41) is 7.75. The van der Waals surface area contributed by atoms with Crippen LogP contribution in [0.4, 0.5) is 47.3 Å². The fourth-order valence-corrected chi connectivity index (χ4v) is 15.9. The topological polar surface area (TPSA) is 67.6 Å². The van der Waals surface area contributed by atoms with Crippen LogP contribution < -0.4 is 16.0 Å². The molecule has 19 aromatic carbocycles. The summed E-state index contributed by atoms with van der Waals surface area (Å²) in [5.41, 5.74) is 30.6. The molecule has 0 bridgehead atoms. The second-order valence-electron chi connectivity index (χ2n) is 29.6. The first kappa shape index (κ1) is 90.7. The Labute approximate surface area is 767 Å². The maximum absolute atomic E-state index is 16.9. The lowest BCUT2D eigenvalue weighted by Gasteiger charge is -2.29. The Bertz CT molecular complexity index is 7160. The molecule has 128 heavy (non-hydrogen) atoms. The van der Waals surface area contributed by atoms with Crippen LogP contribution in [0.3, 0.4) is 0 Å².